The van der Waals surface area contributed by atoms with Crippen LogP contribution in [0.3, 0.4) is 0 Å². The van der Waals surface area contributed by atoms with Gasteiger partial charge in [-0.1, -0.05) is 0 Å². The average Bonchev–Trinajstić information content (AvgIpc) is 2.78. The fraction of sp³-hybridized carbons (Fsp3) is 0.929. The van der Waals surface area contributed by atoms with Crippen molar-refractivity contribution in [2.24, 2.45) is 11.8 Å². The van der Waals surface area contributed by atoms with Crippen molar-refractivity contribution in [3.8, 4) is 0 Å². The van der Waals surface area contributed by atoms with E-state index in [1.807, 2.05) is 4.72 Å². The third kappa shape index (κ3) is 3.30. The van der Waals surface area contributed by atoms with Crippen molar-refractivity contribution >= 4 is 16.1 Å². The van der Waals surface area contributed by atoms with Gasteiger partial charge in [0.15, 0.2) is 0 Å². The van der Waals surface area contributed by atoms with E-state index in [9.17, 15) is 18.3 Å². The molecule has 0 radical (unpaired) electrons. The fourth-order valence-electron chi connectivity index (χ4n) is 4.40. The zero-order valence-electron chi connectivity index (χ0n) is 13.3. The Balaban J connectivity index is 1.76. The fourth-order valence-corrected chi connectivity index (χ4v) is 5.73. The molecule has 0 aromatic heterocycles. The van der Waals surface area contributed by atoms with Crippen LogP contribution in [0.4, 0.5) is 4.39 Å². The number of hydrogen-bond acceptors (Lipinski definition) is 6. The van der Waals surface area contributed by atoms with E-state index >= 15 is 4.39 Å². The zero-order valence-corrected chi connectivity index (χ0v) is 14.1. The first-order chi connectivity index (χ1) is 11.3. The average molecular weight is 365 g/mol. The number of aliphatic hydroxyl groups is 2. The lowest BCUT2D eigenvalue weighted by atomic mass is 9.66. The molecule has 3 rings (SSSR count). The van der Waals surface area contributed by atoms with Crippen molar-refractivity contribution < 1.29 is 27.8 Å². The number of halogens is 1. The Morgan fingerprint density at radius 1 is 1.33 bits per heavy atom. The molecule has 3 fully saturated rings. The maximum absolute atomic E-state index is 15.2. The quantitative estimate of drug-likeness (QED) is 0.482. The van der Waals surface area contributed by atoms with Crippen LogP contribution in [-0.2, 0) is 15.0 Å². The predicted molar refractivity (Wildman–Crippen MR) is 82.8 cm³/mol. The third-order valence-corrected chi connectivity index (χ3v) is 6.93. The highest BCUT2D eigenvalue weighted by Gasteiger charge is 2.53. The summed E-state index contributed by atoms with van der Waals surface area (Å²) in [5.74, 6) is -1.07. The number of nitrogens with one attached hydrogen (secondary N) is 2. The minimum atomic E-state index is -4.08. The van der Waals surface area contributed by atoms with Crippen LogP contribution in [0, 0.1) is 11.8 Å². The van der Waals surface area contributed by atoms with E-state index in [1.54, 1.807) is 0 Å². The topological polar surface area (TPSA) is 119 Å². The molecule has 0 spiro atoms. The molecule has 24 heavy (non-hydrogen) atoms. The molecule has 4 N–H and O–H groups in total. The molecule has 1 amide bonds. The molecule has 1 aliphatic heterocycles. The van der Waals surface area contributed by atoms with Crippen molar-refractivity contribution in [2.45, 2.75) is 50.0 Å². The van der Waals surface area contributed by atoms with Gasteiger partial charge in [-0.15, -0.1) is 0 Å². The van der Waals surface area contributed by atoms with Gasteiger partial charge in [0.2, 0.25) is 5.91 Å². The number of carbonyl (C=O) groups is 1. The van der Waals surface area contributed by atoms with Gasteiger partial charge in [-0.3, -0.25) is 4.79 Å². The van der Waals surface area contributed by atoms with E-state index < -0.39 is 41.0 Å². The summed E-state index contributed by atoms with van der Waals surface area (Å²) in [6.45, 7) is -0.0111. The molecular formula is C14H24FN3O5S. The Bertz CT molecular complexity index is 589. The van der Waals surface area contributed by atoms with Crippen LogP contribution >= 0.6 is 0 Å². The van der Waals surface area contributed by atoms with Gasteiger partial charge in [0.25, 0.3) is 0 Å². The van der Waals surface area contributed by atoms with Gasteiger partial charge in [0.1, 0.15) is 6.17 Å². The van der Waals surface area contributed by atoms with E-state index in [0.717, 1.165) is 17.1 Å². The van der Waals surface area contributed by atoms with Crippen molar-refractivity contribution in [3.63, 3.8) is 0 Å². The molecule has 1 saturated heterocycles. The summed E-state index contributed by atoms with van der Waals surface area (Å²) in [4.78, 5) is 11.4. The maximum atomic E-state index is 15.2. The SMILES string of the molecule is O=C1CN(C2C(O)CC3CCC(NCCO)CC3C2F)S(=O)(=O)N1. The van der Waals surface area contributed by atoms with Crippen LogP contribution in [0.25, 0.3) is 0 Å². The lowest BCUT2D eigenvalue weighted by Crippen LogP contribution is -2.59. The number of alkyl halides is 1. The zero-order chi connectivity index (χ0) is 17.5. The number of nitrogens with zero attached hydrogens (tertiary/aromatic N) is 1. The predicted octanol–water partition coefficient (Wildman–Crippen LogP) is -1.50. The summed E-state index contributed by atoms with van der Waals surface area (Å²) in [7, 11) is -4.08. The molecule has 8 nitrogen and oxygen atoms in total. The molecule has 10 heteroatoms. The second-order valence-corrected chi connectivity index (χ2v) is 8.55. The Morgan fingerprint density at radius 2 is 2.08 bits per heavy atom. The molecular weight excluding hydrogens is 341 g/mol. The van der Waals surface area contributed by atoms with Gasteiger partial charge < -0.3 is 15.5 Å². The minimum Gasteiger partial charge on any atom is -0.395 e. The lowest BCUT2D eigenvalue weighted by molar-refractivity contribution is -0.119. The van der Waals surface area contributed by atoms with Gasteiger partial charge in [0, 0.05) is 12.6 Å². The second-order valence-electron chi connectivity index (χ2n) is 6.93. The molecule has 0 aromatic carbocycles. The van der Waals surface area contributed by atoms with Gasteiger partial charge in [0.05, 0.1) is 25.3 Å². The second kappa shape index (κ2) is 6.83. The van der Waals surface area contributed by atoms with Crippen molar-refractivity contribution in [1.82, 2.24) is 14.3 Å². The van der Waals surface area contributed by atoms with Crippen molar-refractivity contribution in [3.05, 3.63) is 0 Å². The highest BCUT2D eigenvalue weighted by molar-refractivity contribution is 7.88. The summed E-state index contributed by atoms with van der Waals surface area (Å²) in [5.41, 5.74) is 0. The van der Waals surface area contributed by atoms with Gasteiger partial charge >= 0.3 is 10.2 Å². The van der Waals surface area contributed by atoms with Gasteiger partial charge in [-0.2, -0.15) is 12.7 Å². The number of rotatable bonds is 4. The lowest BCUT2D eigenvalue weighted by Gasteiger charge is -2.48. The summed E-state index contributed by atoms with van der Waals surface area (Å²) in [6, 6.07) is -1.16. The summed E-state index contributed by atoms with van der Waals surface area (Å²) < 4.78 is 41.8. The maximum Gasteiger partial charge on any atom is 0.304 e. The van der Waals surface area contributed by atoms with Crippen molar-refractivity contribution in [2.75, 3.05) is 19.7 Å². The number of carbonyl (C=O) groups excluding carboxylic acids is 1. The first-order valence-corrected chi connectivity index (χ1v) is 9.76. The molecule has 6 atom stereocenters. The normalized spacial score (nSPS) is 42.5. The monoisotopic (exact) mass is 365 g/mol. The van der Waals surface area contributed by atoms with Crippen LogP contribution < -0.4 is 10.0 Å². The summed E-state index contributed by atoms with van der Waals surface area (Å²) in [6.07, 6.45) is -0.187. The number of fused-ring (bicyclic) bond motifs is 1. The number of aliphatic hydroxyl groups excluding tert-OH is 2. The Labute approximate surface area is 140 Å². The standard InChI is InChI=1S/C14H24FN3O5S/c15-13-10-6-9(16-3-4-19)2-1-8(10)5-11(20)14(13)18-7-12(21)17-24(18,22)23/h8-11,13-14,16,19-20H,1-7H2,(H,17,21). The van der Waals surface area contributed by atoms with Crippen LogP contribution in [0.5, 0.6) is 0 Å². The Kier molecular flexibility index (Phi) is 5.12. The number of hydrogen-bond donors (Lipinski definition) is 4. The van der Waals surface area contributed by atoms with E-state index in [0.29, 0.717) is 19.4 Å². The van der Waals surface area contributed by atoms with Gasteiger partial charge in [-0.25, -0.2) is 9.11 Å². The molecule has 138 valence electrons. The van der Waals surface area contributed by atoms with Gasteiger partial charge in [-0.05, 0) is 37.5 Å². The highest BCUT2D eigenvalue weighted by atomic mass is 32.2. The van der Waals surface area contributed by atoms with Crippen LogP contribution in [0.1, 0.15) is 25.7 Å². The molecule has 2 aliphatic carbocycles. The summed E-state index contributed by atoms with van der Waals surface area (Å²) >= 11 is 0. The first kappa shape index (κ1) is 18.0. The van der Waals surface area contributed by atoms with E-state index in [2.05, 4.69) is 5.32 Å². The minimum absolute atomic E-state index is 0.00475. The number of amides is 1. The third-order valence-electron chi connectivity index (χ3n) is 5.45. The largest absolute Gasteiger partial charge is 0.395 e. The van der Waals surface area contributed by atoms with Crippen molar-refractivity contribution in [1.29, 1.82) is 0 Å². The van der Waals surface area contributed by atoms with Crippen LogP contribution in [0.15, 0.2) is 0 Å². The smallest absolute Gasteiger partial charge is 0.304 e. The first-order valence-electron chi connectivity index (χ1n) is 8.32. The molecule has 0 aromatic rings. The molecule has 2 saturated carbocycles. The molecule has 1 heterocycles. The van der Waals surface area contributed by atoms with Crippen LogP contribution in [-0.4, -0.2) is 72.9 Å². The van der Waals surface area contributed by atoms with E-state index in [-0.39, 0.29) is 24.5 Å². The van der Waals surface area contributed by atoms with E-state index in [1.165, 1.54) is 0 Å². The highest BCUT2D eigenvalue weighted by Crippen LogP contribution is 2.44. The molecule has 0 bridgehead atoms. The summed E-state index contributed by atoms with van der Waals surface area (Å²) in [5, 5.41) is 22.4. The molecule has 6 unspecified atom stereocenters. The van der Waals surface area contributed by atoms with E-state index in [4.69, 9.17) is 5.11 Å². The Morgan fingerprint density at radius 3 is 2.71 bits per heavy atom. The molecule has 3 aliphatic rings. The van der Waals surface area contributed by atoms with Crippen LogP contribution in [0.2, 0.25) is 0 Å². The Hall–Kier alpha value is -0.810.